The molecule has 1 aliphatic rings. The van der Waals surface area contributed by atoms with Crippen LogP contribution in [0.5, 0.6) is 11.5 Å². The fourth-order valence-electron chi connectivity index (χ4n) is 3.26. The molecule has 0 aliphatic carbocycles. The maximum absolute atomic E-state index is 12.5. The van der Waals surface area contributed by atoms with E-state index < -0.39 is 12.8 Å². The molecule has 31 heavy (non-hydrogen) atoms. The Morgan fingerprint density at radius 1 is 1.13 bits per heavy atom. The van der Waals surface area contributed by atoms with Gasteiger partial charge in [0.2, 0.25) is 0 Å². The maximum Gasteiger partial charge on any atom is 0.422 e. The number of halogens is 3. The van der Waals surface area contributed by atoms with E-state index in [-0.39, 0.29) is 30.1 Å². The Bertz CT molecular complexity index is 890. The molecule has 1 aliphatic heterocycles. The summed E-state index contributed by atoms with van der Waals surface area (Å²) in [5, 5.41) is 9.38. The second-order valence-corrected chi connectivity index (χ2v) is 7.28. The lowest BCUT2D eigenvalue weighted by Crippen LogP contribution is -2.40. The van der Waals surface area contributed by atoms with Crippen molar-refractivity contribution < 1.29 is 27.4 Å². The molecule has 0 saturated carbocycles. The Morgan fingerprint density at radius 3 is 2.61 bits per heavy atom. The molecule has 0 saturated heterocycles. The molecule has 6 nitrogen and oxygen atoms in total. The van der Waals surface area contributed by atoms with Crippen LogP contribution in [0.1, 0.15) is 22.8 Å². The molecule has 0 fully saturated rings. The van der Waals surface area contributed by atoms with Crippen LogP contribution in [0.4, 0.5) is 18.9 Å². The molecule has 1 amide bonds. The average Bonchev–Trinajstić information content (AvgIpc) is 3.22. The lowest BCUT2D eigenvalue weighted by Gasteiger charge is -2.17. The third kappa shape index (κ3) is 6.78. The Balaban J connectivity index is 1.39. The second kappa shape index (κ2) is 10.4. The summed E-state index contributed by atoms with van der Waals surface area (Å²) in [6.07, 6.45) is -3.50. The normalized spacial score (nSPS) is 13.8. The summed E-state index contributed by atoms with van der Waals surface area (Å²) < 4.78 is 47.4. The predicted octanol–water partition coefficient (Wildman–Crippen LogP) is 3.38. The SMILES string of the molecule is CC(CNC(=O)c1cccc2c1NCC2)NCCOc1ccccc1OCC(F)(F)F. The van der Waals surface area contributed by atoms with Gasteiger partial charge in [0.05, 0.1) is 11.3 Å². The van der Waals surface area contributed by atoms with Gasteiger partial charge in [0.25, 0.3) is 5.91 Å². The highest BCUT2D eigenvalue weighted by Gasteiger charge is 2.29. The van der Waals surface area contributed by atoms with Crippen molar-refractivity contribution >= 4 is 11.6 Å². The van der Waals surface area contributed by atoms with Crippen LogP contribution in [0.3, 0.4) is 0 Å². The molecule has 3 rings (SSSR count). The van der Waals surface area contributed by atoms with Gasteiger partial charge in [0.15, 0.2) is 18.1 Å². The lowest BCUT2D eigenvalue weighted by molar-refractivity contribution is -0.153. The topological polar surface area (TPSA) is 71.6 Å². The van der Waals surface area contributed by atoms with Crippen molar-refractivity contribution in [3.63, 3.8) is 0 Å². The van der Waals surface area contributed by atoms with Crippen molar-refractivity contribution in [1.29, 1.82) is 0 Å². The number of benzene rings is 2. The van der Waals surface area contributed by atoms with Crippen molar-refractivity contribution in [2.45, 2.75) is 25.6 Å². The quantitative estimate of drug-likeness (QED) is 0.497. The van der Waals surface area contributed by atoms with Crippen LogP contribution in [0, 0.1) is 0 Å². The van der Waals surface area contributed by atoms with Crippen LogP contribution in [-0.2, 0) is 6.42 Å². The van der Waals surface area contributed by atoms with Crippen molar-refractivity contribution in [2.75, 3.05) is 38.2 Å². The third-order valence-electron chi connectivity index (χ3n) is 4.75. The molecule has 2 aromatic carbocycles. The second-order valence-electron chi connectivity index (χ2n) is 7.28. The van der Waals surface area contributed by atoms with E-state index in [0.717, 1.165) is 24.2 Å². The highest BCUT2D eigenvalue weighted by Crippen LogP contribution is 2.28. The van der Waals surface area contributed by atoms with E-state index in [4.69, 9.17) is 9.47 Å². The first-order valence-corrected chi connectivity index (χ1v) is 10.1. The highest BCUT2D eigenvalue weighted by molar-refractivity contribution is 6.00. The molecule has 0 radical (unpaired) electrons. The van der Waals surface area contributed by atoms with E-state index in [9.17, 15) is 18.0 Å². The zero-order chi connectivity index (χ0) is 22.3. The number of hydrogen-bond donors (Lipinski definition) is 3. The average molecular weight is 437 g/mol. The van der Waals surface area contributed by atoms with Crippen molar-refractivity contribution in [3.8, 4) is 11.5 Å². The van der Waals surface area contributed by atoms with E-state index >= 15 is 0 Å². The number of nitrogens with one attached hydrogen (secondary N) is 3. The molecule has 0 aromatic heterocycles. The van der Waals surface area contributed by atoms with Gasteiger partial charge in [-0.25, -0.2) is 0 Å². The van der Waals surface area contributed by atoms with Crippen LogP contribution in [0.15, 0.2) is 42.5 Å². The van der Waals surface area contributed by atoms with Gasteiger partial charge in [0.1, 0.15) is 6.61 Å². The molecular weight excluding hydrogens is 411 g/mol. The molecule has 1 atom stereocenters. The lowest BCUT2D eigenvalue weighted by atomic mass is 10.1. The van der Waals surface area contributed by atoms with Gasteiger partial charge in [-0.3, -0.25) is 4.79 Å². The maximum atomic E-state index is 12.5. The molecule has 168 valence electrons. The first-order chi connectivity index (χ1) is 14.8. The summed E-state index contributed by atoms with van der Waals surface area (Å²) in [6.45, 7) is 2.50. The minimum absolute atomic E-state index is 0.0195. The molecule has 2 aromatic rings. The number of carbonyl (C=O) groups is 1. The van der Waals surface area contributed by atoms with E-state index in [1.165, 1.54) is 6.07 Å². The van der Waals surface area contributed by atoms with E-state index in [1.54, 1.807) is 24.3 Å². The molecule has 3 N–H and O–H groups in total. The summed E-state index contributed by atoms with van der Waals surface area (Å²) in [7, 11) is 0. The van der Waals surface area contributed by atoms with Gasteiger partial charge < -0.3 is 25.4 Å². The number of ether oxygens (including phenoxy) is 2. The number of alkyl halides is 3. The van der Waals surface area contributed by atoms with Crippen molar-refractivity contribution in [1.82, 2.24) is 10.6 Å². The third-order valence-corrected chi connectivity index (χ3v) is 4.75. The predicted molar refractivity (Wildman–Crippen MR) is 112 cm³/mol. The summed E-state index contributed by atoms with van der Waals surface area (Å²) >= 11 is 0. The van der Waals surface area contributed by atoms with Crippen LogP contribution in [-0.4, -0.2) is 51.0 Å². The first kappa shape index (κ1) is 22.7. The fourth-order valence-corrected chi connectivity index (χ4v) is 3.26. The van der Waals surface area contributed by atoms with Crippen LogP contribution in [0.2, 0.25) is 0 Å². The van der Waals surface area contributed by atoms with Gasteiger partial charge in [-0.05, 0) is 37.1 Å². The zero-order valence-electron chi connectivity index (χ0n) is 17.2. The Labute approximate surface area is 179 Å². The Kier molecular flexibility index (Phi) is 7.62. The van der Waals surface area contributed by atoms with Gasteiger partial charge in [-0.1, -0.05) is 24.3 Å². The molecule has 0 spiro atoms. The number of carbonyl (C=O) groups excluding carboxylic acids is 1. The van der Waals surface area contributed by atoms with Crippen LogP contribution >= 0.6 is 0 Å². The summed E-state index contributed by atoms with van der Waals surface area (Å²) in [6, 6.07) is 11.9. The van der Waals surface area contributed by atoms with Crippen LogP contribution < -0.4 is 25.4 Å². The minimum Gasteiger partial charge on any atom is -0.488 e. The van der Waals surface area contributed by atoms with E-state index in [2.05, 4.69) is 16.0 Å². The zero-order valence-corrected chi connectivity index (χ0v) is 17.2. The van der Waals surface area contributed by atoms with E-state index in [1.807, 2.05) is 19.1 Å². The number of para-hydroxylation sites is 3. The van der Waals surface area contributed by atoms with E-state index in [0.29, 0.717) is 18.7 Å². The minimum atomic E-state index is -4.41. The number of rotatable bonds is 10. The Morgan fingerprint density at radius 2 is 1.87 bits per heavy atom. The molecule has 0 bridgehead atoms. The molecule has 1 heterocycles. The fraction of sp³-hybridized carbons (Fsp3) is 0.409. The molecule has 9 heteroatoms. The molecule has 1 unspecified atom stereocenters. The highest BCUT2D eigenvalue weighted by atomic mass is 19.4. The van der Waals surface area contributed by atoms with Crippen LogP contribution in [0.25, 0.3) is 0 Å². The Hall–Kier alpha value is -2.94. The number of amides is 1. The standard InChI is InChI=1S/C22H26F3N3O3/c1-15(13-28-21(29)17-6-4-5-16-9-10-27-20(16)17)26-11-12-30-18-7-2-3-8-19(18)31-14-22(23,24)25/h2-8,15,26-27H,9-14H2,1H3,(H,28,29). The monoisotopic (exact) mass is 437 g/mol. The largest absolute Gasteiger partial charge is 0.488 e. The van der Waals surface area contributed by atoms with Gasteiger partial charge in [-0.2, -0.15) is 13.2 Å². The van der Waals surface area contributed by atoms with Crippen molar-refractivity contribution in [3.05, 3.63) is 53.6 Å². The van der Waals surface area contributed by atoms with Gasteiger partial charge in [0, 0.05) is 25.7 Å². The smallest absolute Gasteiger partial charge is 0.422 e. The van der Waals surface area contributed by atoms with Gasteiger partial charge in [-0.15, -0.1) is 0 Å². The molecular formula is C22H26F3N3O3. The number of fused-ring (bicyclic) bond motifs is 1. The summed E-state index contributed by atoms with van der Waals surface area (Å²) in [5.74, 6) is 0.163. The first-order valence-electron chi connectivity index (χ1n) is 10.1. The number of hydrogen-bond acceptors (Lipinski definition) is 5. The van der Waals surface area contributed by atoms with Crippen molar-refractivity contribution in [2.24, 2.45) is 0 Å². The summed E-state index contributed by atoms with van der Waals surface area (Å²) in [4.78, 5) is 12.5. The summed E-state index contributed by atoms with van der Waals surface area (Å²) in [5.41, 5.74) is 2.69. The number of anilines is 1. The van der Waals surface area contributed by atoms with Gasteiger partial charge >= 0.3 is 6.18 Å².